The van der Waals surface area contributed by atoms with Crippen molar-refractivity contribution in [3.05, 3.63) is 71.3 Å². The molecule has 8 nitrogen and oxygen atoms in total. The number of urea groups is 1. The van der Waals surface area contributed by atoms with Gasteiger partial charge in [0.15, 0.2) is 11.5 Å². The Morgan fingerprint density at radius 3 is 2.44 bits per heavy atom. The second kappa shape index (κ2) is 8.05. The summed E-state index contributed by atoms with van der Waals surface area (Å²) >= 11 is 0. The largest absolute Gasteiger partial charge is 0.493 e. The number of ether oxygens (including phenoxy) is 2. The van der Waals surface area contributed by atoms with Crippen molar-refractivity contribution < 1.29 is 14.3 Å². The van der Waals surface area contributed by atoms with E-state index in [2.05, 4.69) is 15.6 Å². The van der Waals surface area contributed by atoms with Crippen LogP contribution in [0.5, 0.6) is 11.5 Å². The monoisotopic (exact) mass is 366 g/mol. The van der Waals surface area contributed by atoms with Gasteiger partial charge >= 0.3 is 6.03 Å². The zero-order valence-corrected chi connectivity index (χ0v) is 14.8. The van der Waals surface area contributed by atoms with E-state index >= 15 is 0 Å². The summed E-state index contributed by atoms with van der Waals surface area (Å²) in [5.41, 5.74) is 0.672. The van der Waals surface area contributed by atoms with E-state index in [1.807, 2.05) is 6.07 Å². The number of hydrogen-bond donors (Lipinski definition) is 2. The predicted octanol–water partition coefficient (Wildman–Crippen LogP) is 2.89. The Hall–Kier alpha value is -3.81. The Balaban J connectivity index is 1.86. The summed E-state index contributed by atoms with van der Waals surface area (Å²) in [4.78, 5) is 28.8. The number of carbonyl (C=O) groups excluding carboxylic acids is 1. The molecule has 3 rings (SSSR count). The third-order valence-electron chi connectivity index (χ3n) is 3.75. The molecule has 0 fully saturated rings. The smallest absolute Gasteiger partial charge is 0.325 e. The summed E-state index contributed by atoms with van der Waals surface area (Å²) in [7, 11) is 3.04. The number of amides is 2. The van der Waals surface area contributed by atoms with Crippen LogP contribution in [0.25, 0.3) is 5.69 Å². The van der Waals surface area contributed by atoms with Gasteiger partial charge in [-0.25, -0.2) is 9.78 Å². The zero-order valence-electron chi connectivity index (χ0n) is 14.8. The van der Waals surface area contributed by atoms with E-state index in [0.29, 0.717) is 22.9 Å². The van der Waals surface area contributed by atoms with Gasteiger partial charge in [-0.15, -0.1) is 0 Å². The number of methoxy groups -OCH3 is 2. The van der Waals surface area contributed by atoms with Crippen molar-refractivity contribution in [3.8, 4) is 17.2 Å². The molecule has 0 aliphatic carbocycles. The van der Waals surface area contributed by atoms with Crippen LogP contribution in [0.1, 0.15) is 0 Å². The van der Waals surface area contributed by atoms with E-state index in [1.54, 1.807) is 42.5 Å². The van der Waals surface area contributed by atoms with Crippen molar-refractivity contribution in [3.63, 3.8) is 0 Å². The Morgan fingerprint density at radius 1 is 1.00 bits per heavy atom. The molecule has 8 heteroatoms. The van der Waals surface area contributed by atoms with Crippen LogP contribution >= 0.6 is 0 Å². The molecule has 2 N–H and O–H groups in total. The van der Waals surface area contributed by atoms with Crippen LogP contribution in [0.3, 0.4) is 0 Å². The first kappa shape index (κ1) is 18.0. The van der Waals surface area contributed by atoms with Crippen LogP contribution < -0.4 is 25.7 Å². The number of carbonyl (C=O) groups is 1. The van der Waals surface area contributed by atoms with Gasteiger partial charge in [0.1, 0.15) is 0 Å². The Morgan fingerprint density at radius 2 is 1.74 bits per heavy atom. The highest BCUT2D eigenvalue weighted by Crippen LogP contribution is 2.28. The SMILES string of the molecule is COc1ccc(-n2ccnc(NC(=O)Nc3ccccc3)c2=O)cc1OC. The van der Waals surface area contributed by atoms with E-state index < -0.39 is 11.6 Å². The highest BCUT2D eigenvalue weighted by atomic mass is 16.5. The third-order valence-corrected chi connectivity index (χ3v) is 3.75. The highest BCUT2D eigenvalue weighted by molar-refractivity contribution is 5.99. The number of para-hydroxylation sites is 1. The molecule has 138 valence electrons. The van der Waals surface area contributed by atoms with Crippen molar-refractivity contribution in [2.24, 2.45) is 0 Å². The second-order valence-corrected chi connectivity index (χ2v) is 5.44. The maximum Gasteiger partial charge on any atom is 0.325 e. The van der Waals surface area contributed by atoms with Crippen LogP contribution in [0.4, 0.5) is 16.3 Å². The fourth-order valence-electron chi connectivity index (χ4n) is 2.47. The molecule has 1 heterocycles. The first-order valence-corrected chi connectivity index (χ1v) is 8.05. The lowest BCUT2D eigenvalue weighted by Crippen LogP contribution is -2.28. The number of anilines is 2. The fraction of sp³-hybridized carbons (Fsp3) is 0.105. The molecule has 27 heavy (non-hydrogen) atoms. The molecule has 0 aliphatic heterocycles. The summed E-state index contributed by atoms with van der Waals surface area (Å²) in [6, 6.07) is 13.4. The average molecular weight is 366 g/mol. The summed E-state index contributed by atoms with van der Waals surface area (Å²) in [6.07, 6.45) is 2.93. The van der Waals surface area contributed by atoms with Gasteiger partial charge in [0.2, 0.25) is 5.82 Å². The fourth-order valence-corrected chi connectivity index (χ4v) is 2.47. The maximum atomic E-state index is 12.7. The number of nitrogens with one attached hydrogen (secondary N) is 2. The Kier molecular flexibility index (Phi) is 5.36. The molecule has 0 saturated heterocycles. The summed E-state index contributed by atoms with van der Waals surface area (Å²) in [5.74, 6) is 0.930. The van der Waals surface area contributed by atoms with Gasteiger partial charge in [0.05, 0.1) is 19.9 Å². The molecule has 0 bridgehead atoms. The quantitative estimate of drug-likeness (QED) is 0.724. The van der Waals surface area contributed by atoms with Crippen molar-refractivity contribution in [1.29, 1.82) is 0 Å². The van der Waals surface area contributed by atoms with Gasteiger partial charge in [0, 0.05) is 24.1 Å². The van der Waals surface area contributed by atoms with Crippen LogP contribution in [0.15, 0.2) is 65.7 Å². The van der Waals surface area contributed by atoms with Crippen molar-refractivity contribution in [1.82, 2.24) is 9.55 Å². The summed E-state index contributed by atoms with van der Waals surface area (Å²) in [6.45, 7) is 0. The number of benzene rings is 2. The molecule has 1 aromatic heterocycles. The lowest BCUT2D eigenvalue weighted by Gasteiger charge is -2.12. The highest BCUT2D eigenvalue weighted by Gasteiger charge is 2.12. The Bertz CT molecular complexity index is 1000. The lowest BCUT2D eigenvalue weighted by atomic mass is 10.2. The molecule has 0 spiro atoms. The van der Waals surface area contributed by atoms with Gasteiger partial charge in [-0.05, 0) is 24.3 Å². The van der Waals surface area contributed by atoms with Crippen molar-refractivity contribution >= 4 is 17.5 Å². The van der Waals surface area contributed by atoms with Crippen molar-refractivity contribution in [2.45, 2.75) is 0 Å². The number of hydrogen-bond acceptors (Lipinski definition) is 5. The number of aromatic nitrogens is 2. The lowest BCUT2D eigenvalue weighted by molar-refractivity contribution is 0.262. The molecule has 0 unspecified atom stereocenters. The van der Waals surface area contributed by atoms with E-state index in [1.165, 1.54) is 31.2 Å². The van der Waals surface area contributed by atoms with E-state index in [0.717, 1.165) is 0 Å². The minimum Gasteiger partial charge on any atom is -0.493 e. The number of nitrogens with zero attached hydrogens (tertiary/aromatic N) is 2. The second-order valence-electron chi connectivity index (χ2n) is 5.44. The van der Waals surface area contributed by atoms with Gasteiger partial charge in [-0.3, -0.25) is 14.7 Å². The van der Waals surface area contributed by atoms with Gasteiger partial charge in [-0.2, -0.15) is 0 Å². The molecule has 2 aromatic carbocycles. The van der Waals surface area contributed by atoms with Crippen LogP contribution in [-0.4, -0.2) is 29.8 Å². The van der Waals surface area contributed by atoms with E-state index in [-0.39, 0.29) is 5.82 Å². The first-order chi connectivity index (χ1) is 13.1. The maximum absolute atomic E-state index is 12.7. The van der Waals surface area contributed by atoms with Crippen LogP contribution in [0.2, 0.25) is 0 Å². The molecular formula is C19H18N4O4. The van der Waals surface area contributed by atoms with Crippen LogP contribution in [-0.2, 0) is 0 Å². The van der Waals surface area contributed by atoms with Gasteiger partial charge in [0.25, 0.3) is 5.56 Å². The molecule has 3 aromatic rings. The third kappa shape index (κ3) is 4.06. The molecule has 0 atom stereocenters. The zero-order chi connectivity index (χ0) is 19.2. The Labute approximate surface area is 155 Å². The molecule has 0 aliphatic rings. The standard InChI is InChI=1S/C19H18N4O4/c1-26-15-9-8-14(12-16(15)27-2)23-11-10-20-17(18(23)24)22-19(25)21-13-6-4-3-5-7-13/h3-12H,1-2H3,(H2,20,21,22,25). The van der Waals surface area contributed by atoms with E-state index in [9.17, 15) is 9.59 Å². The summed E-state index contributed by atoms with van der Waals surface area (Å²) in [5, 5.41) is 5.11. The van der Waals surface area contributed by atoms with Crippen LogP contribution in [0, 0.1) is 0 Å². The molecular weight excluding hydrogens is 348 g/mol. The number of rotatable bonds is 5. The van der Waals surface area contributed by atoms with Gasteiger partial charge in [-0.1, -0.05) is 18.2 Å². The minimum atomic E-state index is -0.559. The first-order valence-electron chi connectivity index (χ1n) is 8.05. The predicted molar refractivity (Wildman–Crippen MR) is 102 cm³/mol. The van der Waals surface area contributed by atoms with Crippen molar-refractivity contribution in [2.75, 3.05) is 24.9 Å². The molecule has 0 saturated carbocycles. The molecule has 2 amide bonds. The average Bonchev–Trinajstić information content (AvgIpc) is 2.69. The normalized spacial score (nSPS) is 10.1. The minimum absolute atomic E-state index is 0.0966. The molecule has 0 radical (unpaired) electrons. The van der Waals surface area contributed by atoms with E-state index in [4.69, 9.17) is 9.47 Å². The summed E-state index contributed by atoms with van der Waals surface area (Å²) < 4.78 is 11.8. The van der Waals surface area contributed by atoms with Gasteiger partial charge < -0.3 is 14.8 Å². The topological polar surface area (TPSA) is 94.5 Å².